The molecule has 0 unspecified atom stereocenters. The fraction of sp³-hybridized carbons (Fsp3) is 0.438. The van der Waals surface area contributed by atoms with Gasteiger partial charge in [0.15, 0.2) is 0 Å². The molecule has 0 saturated heterocycles. The zero-order valence-electron chi connectivity index (χ0n) is 12.9. The molecule has 0 amide bonds. The molecule has 0 spiro atoms. The van der Waals surface area contributed by atoms with Crippen molar-refractivity contribution in [3.05, 3.63) is 35.9 Å². The van der Waals surface area contributed by atoms with Crippen LogP contribution in [-0.2, 0) is 5.41 Å². The Kier molecular flexibility index (Phi) is 4.02. The predicted octanol–water partition coefficient (Wildman–Crippen LogP) is 3.58. The summed E-state index contributed by atoms with van der Waals surface area (Å²) in [6, 6.07) is 3.99. The molecule has 0 aliphatic heterocycles. The zero-order chi connectivity index (χ0) is 14.8. The van der Waals surface area contributed by atoms with Crippen LogP contribution in [0.4, 0.5) is 5.82 Å². The molecule has 4 heteroatoms. The first-order valence-electron chi connectivity index (χ1n) is 6.96. The summed E-state index contributed by atoms with van der Waals surface area (Å²) >= 11 is 0. The van der Waals surface area contributed by atoms with E-state index < -0.39 is 0 Å². The highest BCUT2D eigenvalue weighted by atomic mass is 15.0. The van der Waals surface area contributed by atoms with Crippen LogP contribution in [-0.4, -0.2) is 21.5 Å². The highest BCUT2D eigenvalue weighted by Crippen LogP contribution is 2.26. The Morgan fingerprint density at radius 1 is 1.20 bits per heavy atom. The lowest BCUT2D eigenvalue weighted by molar-refractivity contribution is 0.546. The van der Waals surface area contributed by atoms with Crippen LogP contribution in [0.5, 0.6) is 0 Å². The number of nitrogens with zero attached hydrogens (tertiary/aromatic N) is 3. The average Bonchev–Trinajstić information content (AvgIpc) is 2.38. The minimum Gasteiger partial charge on any atom is -0.370 e. The van der Waals surface area contributed by atoms with E-state index in [4.69, 9.17) is 4.98 Å². The highest BCUT2D eigenvalue weighted by Gasteiger charge is 2.19. The van der Waals surface area contributed by atoms with Crippen LogP contribution in [0.1, 0.15) is 39.1 Å². The van der Waals surface area contributed by atoms with E-state index in [0.29, 0.717) is 0 Å². The van der Waals surface area contributed by atoms with Crippen LogP contribution < -0.4 is 5.32 Å². The molecule has 2 aromatic heterocycles. The van der Waals surface area contributed by atoms with Gasteiger partial charge in [-0.1, -0.05) is 20.8 Å². The Labute approximate surface area is 120 Å². The maximum atomic E-state index is 4.73. The third-order valence-corrected chi connectivity index (χ3v) is 3.07. The van der Waals surface area contributed by atoms with E-state index in [9.17, 15) is 0 Å². The van der Waals surface area contributed by atoms with Gasteiger partial charge < -0.3 is 5.32 Å². The van der Waals surface area contributed by atoms with Gasteiger partial charge >= 0.3 is 0 Å². The molecular weight excluding hydrogens is 248 g/mol. The monoisotopic (exact) mass is 270 g/mol. The molecule has 4 nitrogen and oxygen atoms in total. The Hall–Kier alpha value is -1.97. The SMILES string of the molecule is CCNc1cc(-c2cnccc2C)nc(C(C)(C)C)n1. The van der Waals surface area contributed by atoms with Gasteiger partial charge in [-0.3, -0.25) is 4.98 Å². The van der Waals surface area contributed by atoms with E-state index in [1.54, 1.807) is 6.20 Å². The summed E-state index contributed by atoms with van der Waals surface area (Å²) in [4.78, 5) is 13.5. The van der Waals surface area contributed by atoms with E-state index in [0.717, 1.165) is 29.4 Å². The summed E-state index contributed by atoms with van der Waals surface area (Å²) < 4.78 is 0. The largest absolute Gasteiger partial charge is 0.370 e. The molecule has 0 bridgehead atoms. The van der Waals surface area contributed by atoms with E-state index >= 15 is 0 Å². The van der Waals surface area contributed by atoms with Crippen LogP contribution in [0, 0.1) is 6.92 Å². The van der Waals surface area contributed by atoms with Crippen molar-refractivity contribution < 1.29 is 0 Å². The summed E-state index contributed by atoms with van der Waals surface area (Å²) in [6.45, 7) is 11.3. The van der Waals surface area contributed by atoms with Crippen LogP contribution in [0.15, 0.2) is 24.5 Å². The second kappa shape index (κ2) is 5.57. The smallest absolute Gasteiger partial charge is 0.136 e. The number of anilines is 1. The Morgan fingerprint density at radius 2 is 1.95 bits per heavy atom. The Morgan fingerprint density at radius 3 is 2.55 bits per heavy atom. The first kappa shape index (κ1) is 14.4. The van der Waals surface area contributed by atoms with E-state index in [2.05, 4.69) is 49.9 Å². The standard InChI is InChI=1S/C16H22N4/c1-6-18-14-9-13(12-10-17-8-7-11(12)2)19-15(20-14)16(3,4)5/h7-10H,6H2,1-5H3,(H,18,19,20). The van der Waals surface area contributed by atoms with Crippen molar-refractivity contribution in [3.63, 3.8) is 0 Å². The zero-order valence-corrected chi connectivity index (χ0v) is 12.9. The lowest BCUT2D eigenvalue weighted by Gasteiger charge is -2.19. The summed E-state index contributed by atoms with van der Waals surface area (Å²) in [6.07, 6.45) is 3.66. The van der Waals surface area contributed by atoms with E-state index in [-0.39, 0.29) is 5.41 Å². The Balaban J connectivity index is 2.58. The third-order valence-electron chi connectivity index (χ3n) is 3.07. The first-order valence-corrected chi connectivity index (χ1v) is 6.96. The van der Waals surface area contributed by atoms with Gasteiger partial charge in [-0.2, -0.15) is 0 Å². The van der Waals surface area contributed by atoms with Gasteiger partial charge in [0.05, 0.1) is 5.69 Å². The molecule has 2 heterocycles. The summed E-state index contributed by atoms with van der Waals surface area (Å²) in [5.74, 6) is 1.71. The molecule has 2 aromatic rings. The van der Waals surface area contributed by atoms with Crippen molar-refractivity contribution >= 4 is 5.82 Å². The fourth-order valence-electron chi connectivity index (χ4n) is 1.92. The minimum atomic E-state index is -0.0870. The molecule has 2 rings (SSSR count). The number of aromatic nitrogens is 3. The molecule has 0 saturated carbocycles. The molecule has 0 aliphatic rings. The fourth-order valence-corrected chi connectivity index (χ4v) is 1.92. The van der Waals surface area contributed by atoms with Crippen molar-refractivity contribution in [1.29, 1.82) is 0 Å². The van der Waals surface area contributed by atoms with E-state index in [1.807, 2.05) is 18.3 Å². The van der Waals surface area contributed by atoms with Crippen LogP contribution in [0.3, 0.4) is 0 Å². The second-order valence-corrected chi connectivity index (χ2v) is 5.93. The van der Waals surface area contributed by atoms with Crippen molar-refractivity contribution in [2.75, 3.05) is 11.9 Å². The third kappa shape index (κ3) is 3.13. The van der Waals surface area contributed by atoms with Crippen molar-refractivity contribution in [2.45, 2.75) is 40.0 Å². The summed E-state index contributed by atoms with van der Waals surface area (Å²) in [7, 11) is 0. The molecular formula is C16H22N4. The van der Waals surface area contributed by atoms with Crippen LogP contribution in [0.25, 0.3) is 11.3 Å². The second-order valence-electron chi connectivity index (χ2n) is 5.93. The lowest BCUT2D eigenvalue weighted by atomic mass is 9.95. The van der Waals surface area contributed by atoms with Crippen LogP contribution >= 0.6 is 0 Å². The summed E-state index contributed by atoms with van der Waals surface area (Å²) in [5.41, 5.74) is 3.06. The number of hydrogen-bond donors (Lipinski definition) is 1. The van der Waals surface area contributed by atoms with Gasteiger partial charge in [-0.25, -0.2) is 9.97 Å². The summed E-state index contributed by atoms with van der Waals surface area (Å²) in [5, 5.41) is 3.28. The lowest BCUT2D eigenvalue weighted by Crippen LogP contribution is -2.18. The van der Waals surface area contributed by atoms with Gasteiger partial charge in [-0.05, 0) is 25.5 Å². The first-order chi connectivity index (χ1) is 9.41. The Bertz CT molecular complexity index is 600. The van der Waals surface area contributed by atoms with Gasteiger partial charge in [0.1, 0.15) is 11.6 Å². The van der Waals surface area contributed by atoms with Crippen molar-refractivity contribution in [2.24, 2.45) is 0 Å². The van der Waals surface area contributed by atoms with Crippen molar-refractivity contribution in [3.8, 4) is 11.3 Å². The minimum absolute atomic E-state index is 0.0870. The van der Waals surface area contributed by atoms with Crippen molar-refractivity contribution in [1.82, 2.24) is 15.0 Å². The molecule has 0 atom stereocenters. The molecule has 1 N–H and O–H groups in total. The topological polar surface area (TPSA) is 50.7 Å². The number of hydrogen-bond acceptors (Lipinski definition) is 4. The molecule has 0 aliphatic carbocycles. The number of rotatable bonds is 3. The molecule has 20 heavy (non-hydrogen) atoms. The molecule has 0 fully saturated rings. The van der Waals surface area contributed by atoms with Gasteiger partial charge in [-0.15, -0.1) is 0 Å². The predicted molar refractivity (Wildman–Crippen MR) is 82.9 cm³/mol. The molecule has 106 valence electrons. The van der Waals surface area contributed by atoms with Gasteiger partial charge in [0.2, 0.25) is 0 Å². The molecule has 0 radical (unpaired) electrons. The van der Waals surface area contributed by atoms with E-state index in [1.165, 1.54) is 5.56 Å². The molecule has 0 aromatic carbocycles. The average molecular weight is 270 g/mol. The normalized spacial score (nSPS) is 11.4. The maximum absolute atomic E-state index is 4.73. The maximum Gasteiger partial charge on any atom is 0.136 e. The number of nitrogens with one attached hydrogen (secondary N) is 1. The van der Waals surface area contributed by atoms with Crippen LogP contribution in [0.2, 0.25) is 0 Å². The van der Waals surface area contributed by atoms with Gasteiger partial charge in [0.25, 0.3) is 0 Å². The number of pyridine rings is 1. The number of aryl methyl sites for hydroxylation is 1. The highest BCUT2D eigenvalue weighted by molar-refractivity contribution is 5.65. The van der Waals surface area contributed by atoms with Gasteiger partial charge in [0, 0.05) is 36.0 Å². The quantitative estimate of drug-likeness (QED) is 0.926.